The number of benzene rings is 1. The number of carbonyl (C=O) groups excluding carboxylic acids is 1. The summed E-state index contributed by atoms with van der Waals surface area (Å²) >= 11 is 6.39. The third-order valence-electron chi connectivity index (χ3n) is 7.41. The number of hydrogen-bond acceptors (Lipinski definition) is 6. The van der Waals surface area contributed by atoms with Crippen molar-refractivity contribution in [2.45, 2.75) is 70.2 Å². The van der Waals surface area contributed by atoms with Gasteiger partial charge >= 0.3 is 11.9 Å². The highest BCUT2D eigenvalue weighted by Gasteiger charge is 2.59. The molecule has 5 rings (SSSR count). The number of rotatable bonds is 7. The van der Waals surface area contributed by atoms with Gasteiger partial charge in [0, 0.05) is 29.9 Å². The molecule has 2 aliphatic carbocycles. The van der Waals surface area contributed by atoms with Gasteiger partial charge in [-0.3, -0.25) is 9.78 Å². The van der Waals surface area contributed by atoms with Crippen molar-refractivity contribution in [2.24, 2.45) is 5.41 Å². The zero-order valence-corrected chi connectivity index (χ0v) is 21.7. The van der Waals surface area contributed by atoms with Crippen LogP contribution in [0, 0.1) is 5.41 Å². The van der Waals surface area contributed by atoms with Crippen molar-refractivity contribution < 1.29 is 22.7 Å². The monoisotopic (exact) mass is 561 g/mol. The second-order valence-corrected chi connectivity index (χ2v) is 10.4. The zero-order chi connectivity index (χ0) is 27.6. The predicted octanol–water partition coefficient (Wildman–Crippen LogP) is 5.61. The van der Waals surface area contributed by atoms with Crippen LogP contribution in [0.15, 0.2) is 41.3 Å². The van der Waals surface area contributed by atoms with Crippen LogP contribution in [0.4, 0.5) is 13.2 Å². The van der Waals surface area contributed by atoms with E-state index in [1.54, 1.807) is 24.3 Å². The first-order chi connectivity index (χ1) is 18.6. The first kappa shape index (κ1) is 27.1. The summed E-state index contributed by atoms with van der Waals surface area (Å²) in [6, 6.07) is 8.09. The molecule has 3 aromatic rings. The number of halogens is 4. The Hall–Kier alpha value is -3.47. The van der Waals surface area contributed by atoms with E-state index >= 15 is 0 Å². The number of amides is 1. The maximum atomic E-state index is 13.9. The van der Waals surface area contributed by atoms with Crippen molar-refractivity contribution in [3.8, 4) is 28.7 Å². The van der Waals surface area contributed by atoms with Gasteiger partial charge < -0.3 is 10.1 Å². The lowest BCUT2D eigenvalue weighted by Crippen LogP contribution is -2.51. The van der Waals surface area contributed by atoms with Crippen molar-refractivity contribution in [3.63, 3.8) is 0 Å². The lowest BCUT2D eigenvalue weighted by atomic mass is 9.72. The van der Waals surface area contributed by atoms with Gasteiger partial charge in [0.2, 0.25) is 11.8 Å². The Morgan fingerprint density at radius 2 is 1.87 bits per heavy atom. The Morgan fingerprint density at radius 3 is 2.51 bits per heavy atom. The molecule has 0 unspecified atom stereocenters. The van der Waals surface area contributed by atoms with Crippen LogP contribution in [-0.4, -0.2) is 38.1 Å². The molecule has 2 aromatic heterocycles. The fourth-order valence-electron chi connectivity index (χ4n) is 4.89. The number of nitrogens with zero attached hydrogens (tertiary/aromatic N) is 3. The van der Waals surface area contributed by atoms with Gasteiger partial charge in [0.25, 0.3) is 0 Å². The molecule has 2 N–H and O–H groups in total. The molecule has 2 aliphatic rings. The van der Waals surface area contributed by atoms with Gasteiger partial charge in [0.1, 0.15) is 17.3 Å². The third-order valence-corrected chi connectivity index (χ3v) is 7.74. The second kappa shape index (κ2) is 11.0. The standard InChI is InChI=1S/C27H27ClF3N5O3/c28-20-9-7-16(14-33-24(37)26(27(29,30)31)11-2-1-3-12-26)13-19(20)23-34-22(35-25(38)36-23)17-8-10-21(32-15-17)39-18-5-4-6-18/h7-10,13,15,18H,1-6,11-12,14H2,(H,33,37)(H,34,35,36,38). The van der Waals surface area contributed by atoms with Crippen LogP contribution < -0.4 is 15.7 Å². The highest BCUT2D eigenvalue weighted by atomic mass is 35.5. The number of hydrogen-bond donors (Lipinski definition) is 2. The van der Waals surface area contributed by atoms with Crippen LogP contribution in [-0.2, 0) is 11.3 Å². The maximum absolute atomic E-state index is 13.9. The van der Waals surface area contributed by atoms with Gasteiger partial charge in [-0.25, -0.2) is 14.8 Å². The average Bonchev–Trinajstić information content (AvgIpc) is 2.90. The van der Waals surface area contributed by atoms with Crippen molar-refractivity contribution in [1.82, 2.24) is 25.3 Å². The molecular weight excluding hydrogens is 535 g/mol. The molecule has 8 nitrogen and oxygen atoms in total. The number of aromatic nitrogens is 4. The summed E-state index contributed by atoms with van der Waals surface area (Å²) in [6.45, 7) is -0.143. The summed E-state index contributed by atoms with van der Waals surface area (Å²) in [5.74, 6) is -0.305. The summed E-state index contributed by atoms with van der Waals surface area (Å²) in [6.07, 6.45) is 1.14. The van der Waals surface area contributed by atoms with Crippen LogP contribution >= 0.6 is 11.6 Å². The van der Waals surface area contributed by atoms with E-state index in [0.29, 0.717) is 41.8 Å². The van der Waals surface area contributed by atoms with E-state index in [9.17, 15) is 22.8 Å². The second-order valence-electron chi connectivity index (χ2n) is 10.0. The van der Waals surface area contributed by atoms with E-state index in [4.69, 9.17) is 16.3 Å². The number of H-pyrrole nitrogens is 1. The molecule has 1 aromatic carbocycles. The number of nitrogens with one attached hydrogen (secondary N) is 2. The van der Waals surface area contributed by atoms with E-state index < -0.39 is 23.2 Å². The maximum Gasteiger partial charge on any atom is 0.403 e. The molecule has 1 amide bonds. The molecule has 0 bridgehead atoms. The fraction of sp³-hybridized carbons (Fsp3) is 0.444. The SMILES string of the molecule is O=C(NCc1ccc(Cl)c(-c2nc(-c3ccc(OC4CCC4)nc3)nc(=O)[nH]2)c1)C1(C(F)(F)F)CCCCC1. The smallest absolute Gasteiger partial charge is 0.403 e. The quantitative estimate of drug-likeness (QED) is 0.388. The van der Waals surface area contributed by atoms with E-state index in [1.165, 1.54) is 12.3 Å². The summed E-state index contributed by atoms with van der Waals surface area (Å²) in [5, 5.41) is 2.72. The van der Waals surface area contributed by atoms with Gasteiger partial charge in [-0.2, -0.15) is 18.2 Å². The van der Waals surface area contributed by atoms with E-state index in [0.717, 1.165) is 19.3 Å². The Kier molecular flexibility index (Phi) is 7.61. The Morgan fingerprint density at radius 1 is 1.10 bits per heavy atom. The minimum absolute atomic E-state index is 0.121. The van der Waals surface area contributed by atoms with Gasteiger partial charge in [-0.1, -0.05) is 36.9 Å². The average molecular weight is 562 g/mol. The highest BCUT2D eigenvalue weighted by Crippen LogP contribution is 2.49. The zero-order valence-electron chi connectivity index (χ0n) is 21.0. The van der Waals surface area contributed by atoms with Crippen LogP contribution in [0.2, 0.25) is 5.02 Å². The number of carbonyl (C=O) groups is 1. The van der Waals surface area contributed by atoms with E-state index in [1.807, 2.05) is 0 Å². The fourth-order valence-corrected chi connectivity index (χ4v) is 5.10. The number of ether oxygens (including phenoxy) is 1. The minimum Gasteiger partial charge on any atom is -0.474 e. The van der Waals surface area contributed by atoms with Gasteiger partial charge in [-0.15, -0.1) is 0 Å². The van der Waals surface area contributed by atoms with Crippen molar-refractivity contribution in [3.05, 3.63) is 57.6 Å². The minimum atomic E-state index is -4.63. The van der Waals surface area contributed by atoms with Crippen LogP contribution in [0.1, 0.15) is 56.9 Å². The molecule has 0 saturated heterocycles. The van der Waals surface area contributed by atoms with Crippen molar-refractivity contribution in [1.29, 1.82) is 0 Å². The first-order valence-electron chi connectivity index (χ1n) is 12.9. The van der Waals surface area contributed by atoms with Gasteiger partial charge in [0.05, 0.1) is 5.02 Å². The predicted molar refractivity (Wildman–Crippen MR) is 138 cm³/mol. The lowest BCUT2D eigenvalue weighted by molar-refractivity contribution is -0.230. The first-order valence-corrected chi connectivity index (χ1v) is 13.3. The normalized spacial score (nSPS) is 17.3. The van der Waals surface area contributed by atoms with E-state index in [2.05, 4.69) is 25.3 Å². The van der Waals surface area contributed by atoms with E-state index in [-0.39, 0.29) is 42.2 Å². The summed E-state index contributed by atoms with van der Waals surface area (Å²) < 4.78 is 47.4. The molecule has 12 heteroatoms. The molecule has 0 spiro atoms. The summed E-state index contributed by atoms with van der Waals surface area (Å²) in [4.78, 5) is 40.4. The van der Waals surface area contributed by atoms with Crippen LogP contribution in [0.5, 0.6) is 5.88 Å². The molecule has 0 aliphatic heterocycles. The summed E-state index contributed by atoms with van der Waals surface area (Å²) in [5.41, 5.74) is -1.71. The highest BCUT2D eigenvalue weighted by molar-refractivity contribution is 6.33. The molecule has 2 fully saturated rings. The number of aromatic amines is 1. The van der Waals surface area contributed by atoms with Crippen LogP contribution in [0.25, 0.3) is 22.8 Å². The molecule has 2 heterocycles. The van der Waals surface area contributed by atoms with Gasteiger partial charge in [-0.05, 0) is 55.9 Å². The molecule has 206 valence electrons. The lowest BCUT2D eigenvalue weighted by Gasteiger charge is -2.37. The molecule has 2 saturated carbocycles. The van der Waals surface area contributed by atoms with Crippen molar-refractivity contribution in [2.75, 3.05) is 0 Å². The molecule has 0 atom stereocenters. The third kappa shape index (κ3) is 5.78. The Labute approximate surface area is 227 Å². The Bertz CT molecular complexity index is 1400. The van der Waals surface area contributed by atoms with Crippen LogP contribution in [0.3, 0.4) is 0 Å². The van der Waals surface area contributed by atoms with Gasteiger partial charge in [0.15, 0.2) is 5.82 Å². The number of alkyl halides is 3. The molecular formula is C27H27ClF3N5O3. The van der Waals surface area contributed by atoms with Crippen molar-refractivity contribution >= 4 is 17.5 Å². The molecule has 39 heavy (non-hydrogen) atoms. The number of pyridine rings is 1. The Balaban J connectivity index is 1.35. The largest absolute Gasteiger partial charge is 0.474 e. The molecule has 0 radical (unpaired) electrons. The summed E-state index contributed by atoms with van der Waals surface area (Å²) in [7, 11) is 0. The topological polar surface area (TPSA) is 110 Å².